The van der Waals surface area contributed by atoms with E-state index in [1.807, 2.05) is 18.4 Å². The molecule has 2 fully saturated rings. The minimum Gasteiger partial charge on any atom is -0.369 e. The van der Waals surface area contributed by atoms with Gasteiger partial charge in [-0.3, -0.25) is 9.79 Å². The Morgan fingerprint density at radius 3 is 2.59 bits per heavy atom. The Morgan fingerprint density at radius 2 is 1.97 bits per heavy atom. The van der Waals surface area contributed by atoms with Gasteiger partial charge in [-0.05, 0) is 75.7 Å². The Kier molecular flexibility index (Phi) is 8.61. The van der Waals surface area contributed by atoms with E-state index in [0.717, 1.165) is 83.8 Å². The van der Waals surface area contributed by atoms with Crippen LogP contribution in [0.5, 0.6) is 0 Å². The van der Waals surface area contributed by atoms with Gasteiger partial charge in [0.15, 0.2) is 5.96 Å². The number of carbonyl (C=O) groups is 1. The summed E-state index contributed by atoms with van der Waals surface area (Å²) in [4.78, 5) is 20.6. The van der Waals surface area contributed by atoms with E-state index in [9.17, 15) is 4.79 Å². The molecule has 1 amide bonds. The summed E-state index contributed by atoms with van der Waals surface area (Å²) >= 11 is 1.82. The molecule has 0 saturated carbocycles. The largest absolute Gasteiger partial charge is 0.369 e. The van der Waals surface area contributed by atoms with Crippen LogP contribution in [0.2, 0.25) is 0 Å². The number of thiophene rings is 1. The molecule has 0 aliphatic carbocycles. The second-order valence-electron chi connectivity index (χ2n) is 8.08. The van der Waals surface area contributed by atoms with Gasteiger partial charge in [0, 0.05) is 38.6 Å². The first-order valence-corrected chi connectivity index (χ1v) is 11.8. The molecule has 2 saturated heterocycles. The van der Waals surface area contributed by atoms with Gasteiger partial charge in [-0.2, -0.15) is 0 Å². The highest BCUT2D eigenvalue weighted by atomic mass is 32.1. The zero-order chi connectivity index (χ0) is 20.5. The van der Waals surface area contributed by atoms with Crippen LogP contribution in [0.4, 0.5) is 5.00 Å². The molecule has 8 heteroatoms. The van der Waals surface area contributed by atoms with Gasteiger partial charge in [0.25, 0.3) is 0 Å². The van der Waals surface area contributed by atoms with E-state index in [0.29, 0.717) is 6.04 Å². The fraction of sp³-hybridized carbons (Fsp3) is 0.714. The number of primary amides is 1. The van der Waals surface area contributed by atoms with Crippen LogP contribution in [-0.4, -0.2) is 69.1 Å². The number of piperidine rings is 2. The van der Waals surface area contributed by atoms with Gasteiger partial charge >= 0.3 is 0 Å². The van der Waals surface area contributed by atoms with Crippen LogP contribution < -0.4 is 21.3 Å². The maximum absolute atomic E-state index is 11.2. The molecule has 1 aromatic rings. The maximum atomic E-state index is 11.2. The van der Waals surface area contributed by atoms with Crippen molar-refractivity contribution in [3.05, 3.63) is 17.5 Å². The molecule has 2 aliphatic rings. The lowest BCUT2D eigenvalue weighted by atomic mass is 9.96. The summed E-state index contributed by atoms with van der Waals surface area (Å²) in [6.45, 7) is 6.22. The summed E-state index contributed by atoms with van der Waals surface area (Å²) in [7, 11) is 1.85. The van der Waals surface area contributed by atoms with Gasteiger partial charge in [-0.15, -0.1) is 11.3 Å². The highest BCUT2D eigenvalue weighted by Gasteiger charge is 2.23. The van der Waals surface area contributed by atoms with E-state index in [1.165, 1.54) is 5.00 Å². The van der Waals surface area contributed by atoms with E-state index in [-0.39, 0.29) is 11.8 Å². The molecule has 162 valence electrons. The van der Waals surface area contributed by atoms with E-state index in [1.54, 1.807) is 0 Å². The molecule has 0 unspecified atom stereocenters. The van der Waals surface area contributed by atoms with Gasteiger partial charge in [-0.25, -0.2) is 0 Å². The smallest absolute Gasteiger partial charge is 0.220 e. The third-order valence-electron chi connectivity index (χ3n) is 6.06. The Hall–Kier alpha value is -1.80. The summed E-state index contributed by atoms with van der Waals surface area (Å²) < 4.78 is 0. The molecule has 0 bridgehead atoms. The quantitative estimate of drug-likeness (QED) is 0.340. The predicted molar refractivity (Wildman–Crippen MR) is 122 cm³/mol. The van der Waals surface area contributed by atoms with Crippen LogP contribution >= 0.6 is 11.3 Å². The molecular formula is C21H36N6OS. The molecule has 0 atom stereocenters. The van der Waals surface area contributed by atoms with Crippen molar-refractivity contribution < 1.29 is 4.79 Å². The monoisotopic (exact) mass is 420 g/mol. The molecule has 2 aliphatic heterocycles. The third kappa shape index (κ3) is 6.89. The van der Waals surface area contributed by atoms with Crippen molar-refractivity contribution in [3.63, 3.8) is 0 Å². The molecule has 4 N–H and O–H groups in total. The number of likely N-dealkylation sites (tertiary alicyclic amines) is 1. The lowest BCUT2D eigenvalue weighted by molar-refractivity contribution is -0.123. The number of hydrogen-bond donors (Lipinski definition) is 3. The highest BCUT2D eigenvalue weighted by molar-refractivity contribution is 7.14. The standard InChI is InChI=1S/C21H36N6OS/c1-23-21(25-18-8-14-27(15-9-18)19-5-4-16-29-19)24-10-2-3-11-26-12-6-17(7-13-26)20(22)28/h4-5,16-18H,2-3,6-15H2,1H3,(H2,22,28)(H2,23,24,25). The maximum Gasteiger partial charge on any atom is 0.220 e. The molecule has 0 spiro atoms. The minimum atomic E-state index is -0.134. The number of nitrogens with two attached hydrogens (primary N) is 1. The molecule has 29 heavy (non-hydrogen) atoms. The number of carbonyl (C=O) groups excluding carboxylic acids is 1. The molecule has 0 radical (unpaired) electrons. The van der Waals surface area contributed by atoms with Gasteiger partial charge in [0.2, 0.25) is 5.91 Å². The average molecular weight is 421 g/mol. The second kappa shape index (κ2) is 11.4. The lowest BCUT2D eigenvalue weighted by Crippen LogP contribution is -2.48. The number of guanidine groups is 1. The van der Waals surface area contributed by atoms with E-state index >= 15 is 0 Å². The zero-order valence-electron chi connectivity index (χ0n) is 17.6. The number of anilines is 1. The number of aliphatic imine (C=N–C) groups is 1. The van der Waals surface area contributed by atoms with Crippen LogP contribution in [0.1, 0.15) is 38.5 Å². The first-order chi connectivity index (χ1) is 14.2. The SMILES string of the molecule is CN=C(NCCCCN1CCC(C(N)=O)CC1)NC1CCN(c2cccs2)CC1. The summed E-state index contributed by atoms with van der Waals surface area (Å²) in [6, 6.07) is 4.82. The van der Waals surface area contributed by atoms with Crippen molar-refractivity contribution in [1.82, 2.24) is 15.5 Å². The number of unbranched alkanes of at least 4 members (excludes halogenated alkanes) is 1. The Bertz CT molecular complexity index is 634. The Labute approximate surface area is 178 Å². The normalized spacial score (nSPS) is 20.0. The third-order valence-corrected chi connectivity index (χ3v) is 6.99. The average Bonchev–Trinajstić information content (AvgIpc) is 3.28. The fourth-order valence-corrected chi connectivity index (χ4v) is 4.98. The van der Waals surface area contributed by atoms with Gasteiger partial charge in [0.1, 0.15) is 0 Å². The Balaban J connectivity index is 1.25. The van der Waals surface area contributed by atoms with Gasteiger partial charge < -0.3 is 26.2 Å². The van der Waals surface area contributed by atoms with Crippen LogP contribution in [0.25, 0.3) is 0 Å². The van der Waals surface area contributed by atoms with Crippen molar-refractivity contribution in [1.29, 1.82) is 0 Å². The van der Waals surface area contributed by atoms with Crippen molar-refractivity contribution in [3.8, 4) is 0 Å². The summed E-state index contributed by atoms with van der Waals surface area (Å²) in [5.74, 6) is 0.867. The first kappa shape index (κ1) is 21.9. The molecular weight excluding hydrogens is 384 g/mol. The number of amides is 1. The summed E-state index contributed by atoms with van der Waals surface area (Å²) in [5.41, 5.74) is 5.40. The number of rotatable bonds is 8. The molecule has 0 aromatic carbocycles. The Morgan fingerprint density at radius 1 is 1.21 bits per heavy atom. The van der Waals surface area contributed by atoms with Crippen molar-refractivity contribution >= 4 is 28.2 Å². The number of nitrogens with one attached hydrogen (secondary N) is 2. The van der Waals surface area contributed by atoms with Crippen LogP contribution in [0, 0.1) is 5.92 Å². The summed E-state index contributed by atoms with van der Waals surface area (Å²) in [5, 5.41) is 10.6. The molecule has 1 aromatic heterocycles. The molecule has 3 heterocycles. The minimum absolute atomic E-state index is 0.0829. The van der Waals surface area contributed by atoms with E-state index in [2.05, 4.69) is 42.9 Å². The lowest BCUT2D eigenvalue weighted by Gasteiger charge is -2.33. The van der Waals surface area contributed by atoms with Crippen LogP contribution in [0.15, 0.2) is 22.5 Å². The van der Waals surface area contributed by atoms with Crippen molar-refractivity contribution in [2.45, 2.75) is 44.6 Å². The van der Waals surface area contributed by atoms with Crippen LogP contribution in [-0.2, 0) is 4.79 Å². The molecule has 7 nitrogen and oxygen atoms in total. The first-order valence-electron chi connectivity index (χ1n) is 10.9. The number of hydrogen-bond acceptors (Lipinski definition) is 5. The second-order valence-corrected chi connectivity index (χ2v) is 9.01. The molecule has 3 rings (SSSR count). The topological polar surface area (TPSA) is 86.0 Å². The van der Waals surface area contributed by atoms with Crippen molar-refractivity contribution in [2.75, 3.05) is 51.2 Å². The fourth-order valence-electron chi connectivity index (χ4n) is 4.19. The highest BCUT2D eigenvalue weighted by Crippen LogP contribution is 2.24. The van der Waals surface area contributed by atoms with Gasteiger partial charge in [-0.1, -0.05) is 0 Å². The summed E-state index contributed by atoms with van der Waals surface area (Å²) in [6.07, 6.45) is 6.38. The van der Waals surface area contributed by atoms with E-state index in [4.69, 9.17) is 5.73 Å². The predicted octanol–water partition coefficient (Wildman–Crippen LogP) is 1.86. The number of nitrogens with zero attached hydrogens (tertiary/aromatic N) is 3. The van der Waals surface area contributed by atoms with Crippen LogP contribution in [0.3, 0.4) is 0 Å². The van der Waals surface area contributed by atoms with E-state index < -0.39 is 0 Å². The van der Waals surface area contributed by atoms with Crippen molar-refractivity contribution in [2.24, 2.45) is 16.6 Å². The van der Waals surface area contributed by atoms with Gasteiger partial charge in [0.05, 0.1) is 5.00 Å². The zero-order valence-corrected chi connectivity index (χ0v) is 18.4.